The van der Waals surface area contributed by atoms with Gasteiger partial charge in [0.1, 0.15) is 5.65 Å². The van der Waals surface area contributed by atoms with Gasteiger partial charge in [0.25, 0.3) is 0 Å². The van der Waals surface area contributed by atoms with Crippen molar-refractivity contribution >= 4 is 24.8 Å². The highest BCUT2D eigenvalue weighted by Gasteiger charge is 2.46. The molecule has 0 radical (unpaired) electrons. The second-order valence-corrected chi connectivity index (χ2v) is 16.5. The van der Waals surface area contributed by atoms with Crippen LogP contribution in [0.1, 0.15) is 77.5 Å². The van der Waals surface area contributed by atoms with Crippen LogP contribution in [0.5, 0.6) is 0 Å². The highest BCUT2D eigenvalue weighted by molar-refractivity contribution is 6.82. The van der Waals surface area contributed by atoms with Crippen LogP contribution in [-0.4, -0.2) is 27.2 Å². The van der Waals surface area contributed by atoms with Crippen LogP contribution in [0.4, 0.5) is 0 Å². The van der Waals surface area contributed by atoms with Crippen LogP contribution in [-0.2, 0) is 7.05 Å². The van der Waals surface area contributed by atoms with Gasteiger partial charge in [-0.3, -0.25) is 4.68 Å². The third-order valence-electron chi connectivity index (χ3n) is 7.87. The second kappa shape index (κ2) is 9.88. The van der Waals surface area contributed by atoms with Crippen molar-refractivity contribution in [1.82, 2.24) is 19.0 Å². The van der Waals surface area contributed by atoms with E-state index in [1.807, 2.05) is 19.4 Å². The largest absolute Gasteiger partial charge is 0.359 e. The van der Waals surface area contributed by atoms with Crippen molar-refractivity contribution in [3.8, 4) is 17.9 Å². The molecule has 5 nitrogen and oxygen atoms in total. The number of pyridine rings is 1. The van der Waals surface area contributed by atoms with Crippen molar-refractivity contribution in [2.45, 2.75) is 77.4 Å². The fraction of sp³-hybridized carbons (Fsp3) is 0.483. The van der Waals surface area contributed by atoms with E-state index in [0.717, 1.165) is 36.0 Å². The van der Waals surface area contributed by atoms with Gasteiger partial charge in [0, 0.05) is 30.4 Å². The molecule has 0 bridgehead atoms. The number of aromatic nitrogens is 4. The molecule has 0 spiro atoms. The van der Waals surface area contributed by atoms with Gasteiger partial charge in [0.05, 0.1) is 29.3 Å². The zero-order valence-corrected chi connectivity index (χ0v) is 23.1. The lowest BCUT2D eigenvalue weighted by atomic mass is 9.85. The average Bonchev–Trinajstić information content (AvgIpc) is 3.43. The van der Waals surface area contributed by atoms with E-state index in [9.17, 15) is 5.26 Å². The summed E-state index contributed by atoms with van der Waals surface area (Å²) in [6.07, 6.45) is 12.8. The molecule has 1 unspecified atom stereocenters. The molecule has 0 fully saturated rings. The molecule has 0 saturated heterocycles. The molecule has 4 rings (SSSR count). The molecule has 3 aromatic rings. The quantitative estimate of drug-likeness (QED) is 0.293. The summed E-state index contributed by atoms with van der Waals surface area (Å²) in [4.78, 5) is 5.05. The minimum absolute atomic E-state index is 0.105. The summed E-state index contributed by atoms with van der Waals surface area (Å²) in [5.41, 5.74) is 7.16. The number of allylic oxidation sites excluding steroid dienone is 2. The molecule has 1 aliphatic carbocycles. The third kappa shape index (κ3) is 4.37. The predicted molar refractivity (Wildman–Crippen MR) is 146 cm³/mol. The fourth-order valence-electron chi connectivity index (χ4n) is 6.48. The molecule has 6 heteroatoms. The molecule has 35 heavy (non-hydrogen) atoms. The highest BCUT2D eigenvalue weighted by Crippen LogP contribution is 2.45. The Morgan fingerprint density at radius 3 is 2.31 bits per heavy atom. The molecule has 3 aromatic heterocycles. The SMILES string of the molecule is CC(C)[Si](C(C)C)(C(C)C)n1ccc2c(C3=CCC(C#N)CC3)c(C#Cc3cnn(C)c3)cnc21. The summed E-state index contributed by atoms with van der Waals surface area (Å²) >= 11 is 0. The van der Waals surface area contributed by atoms with Crippen molar-refractivity contribution in [1.29, 1.82) is 5.26 Å². The van der Waals surface area contributed by atoms with Crippen molar-refractivity contribution in [3.05, 3.63) is 53.6 Å². The van der Waals surface area contributed by atoms with E-state index in [0.29, 0.717) is 16.6 Å². The summed E-state index contributed by atoms with van der Waals surface area (Å²) in [6, 6.07) is 4.71. The molecule has 0 N–H and O–H groups in total. The van der Waals surface area contributed by atoms with Gasteiger partial charge in [0.15, 0.2) is 8.24 Å². The molecule has 0 aromatic carbocycles. The maximum atomic E-state index is 9.42. The summed E-state index contributed by atoms with van der Waals surface area (Å²) in [6.45, 7) is 14.3. The van der Waals surface area contributed by atoms with E-state index < -0.39 is 8.24 Å². The van der Waals surface area contributed by atoms with E-state index in [4.69, 9.17) is 4.98 Å². The average molecular weight is 484 g/mol. The van der Waals surface area contributed by atoms with Gasteiger partial charge < -0.3 is 4.23 Å². The Kier molecular flexibility index (Phi) is 7.06. The smallest absolute Gasteiger partial charge is 0.171 e. The van der Waals surface area contributed by atoms with Gasteiger partial charge in [-0.05, 0) is 53.7 Å². The Labute approximate surface area is 211 Å². The van der Waals surface area contributed by atoms with E-state index in [-0.39, 0.29) is 5.92 Å². The standard InChI is InChI=1S/C29H37N5Si/c1-20(2)35(21(3)4,22(5)6)34-15-14-27-28(25-11-8-23(16-30)9-12-25)26(18-31-29(27)34)13-10-24-17-32-33(7)19-24/h11,14-15,17-23H,8-9,12H2,1-7H3. The number of nitriles is 1. The maximum Gasteiger partial charge on any atom is 0.171 e. The number of hydrogen-bond acceptors (Lipinski definition) is 3. The van der Waals surface area contributed by atoms with Crippen LogP contribution < -0.4 is 0 Å². The molecule has 0 aliphatic heterocycles. The van der Waals surface area contributed by atoms with Gasteiger partial charge >= 0.3 is 0 Å². The van der Waals surface area contributed by atoms with Crippen LogP contribution in [0.3, 0.4) is 0 Å². The molecule has 3 heterocycles. The van der Waals surface area contributed by atoms with Crippen LogP contribution in [0.15, 0.2) is 36.9 Å². The van der Waals surface area contributed by atoms with Crippen molar-refractivity contribution in [2.24, 2.45) is 13.0 Å². The number of nitrogens with zero attached hydrogens (tertiary/aromatic N) is 5. The Bertz CT molecular complexity index is 1330. The van der Waals surface area contributed by atoms with E-state index >= 15 is 0 Å². The maximum absolute atomic E-state index is 9.42. The zero-order chi connectivity index (χ0) is 25.3. The fourth-order valence-corrected chi connectivity index (χ4v) is 13.0. The van der Waals surface area contributed by atoms with Gasteiger partial charge in [-0.2, -0.15) is 10.4 Å². The minimum atomic E-state index is -1.95. The van der Waals surface area contributed by atoms with Crippen LogP contribution in [0, 0.1) is 29.1 Å². The number of fused-ring (bicyclic) bond motifs is 1. The molecule has 0 saturated carbocycles. The van der Waals surface area contributed by atoms with Gasteiger partial charge in [0.2, 0.25) is 0 Å². The monoisotopic (exact) mass is 483 g/mol. The molecule has 0 amide bonds. The summed E-state index contributed by atoms with van der Waals surface area (Å²) < 4.78 is 4.35. The van der Waals surface area contributed by atoms with Crippen LogP contribution in [0.25, 0.3) is 16.6 Å². The summed E-state index contributed by atoms with van der Waals surface area (Å²) in [5.74, 6) is 6.80. The Morgan fingerprint density at radius 1 is 1.06 bits per heavy atom. The van der Waals surface area contributed by atoms with Crippen molar-refractivity contribution < 1.29 is 0 Å². The van der Waals surface area contributed by atoms with Crippen molar-refractivity contribution in [2.75, 3.05) is 0 Å². The predicted octanol–water partition coefficient (Wildman–Crippen LogP) is 6.90. The number of hydrogen-bond donors (Lipinski definition) is 0. The van der Waals surface area contributed by atoms with E-state index in [1.54, 1.807) is 10.9 Å². The lowest BCUT2D eigenvalue weighted by molar-refractivity contribution is 0.604. The first kappa shape index (κ1) is 25.0. The number of aryl methyl sites for hydroxylation is 1. The topological polar surface area (TPSA) is 59.4 Å². The van der Waals surface area contributed by atoms with E-state index in [2.05, 4.69) is 87.1 Å². The summed E-state index contributed by atoms with van der Waals surface area (Å²) in [5, 5.41) is 14.8. The molecular formula is C29H37N5Si. The molecular weight excluding hydrogens is 446 g/mol. The summed E-state index contributed by atoms with van der Waals surface area (Å²) in [7, 11) is -0.0438. The first-order valence-corrected chi connectivity index (χ1v) is 15.0. The van der Waals surface area contributed by atoms with Gasteiger partial charge in [-0.1, -0.05) is 59.5 Å². The van der Waals surface area contributed by atoms with Gasteiger partial charge in [-0.25, -0.2) is 4.98 Å². The molecule has 182 valence electrons. The van der Waals surface area contributed by atoms with Gasteiger partial charge in [-0.15, -0.1) is 0 Å². The first-order chi connectivity index (χ1) is 16.7. The zero-order valence-electron chi connectivity index (χ0n) is 22.1. The van der Waals surface area contributed by atoms with Crippen LogP contribution >= 0.6 is 0 Å². The minimum Gasteiger partial charge on any atom is -0.359 e. The molecule has 1 aliphatic rings. The highest BCUT2D eigenvalue weighted by atomic mass is 28.3. The lowest BCUT2D eigenvalue weighted by Gasteiger charge is -2.44. The normalized spacial score (nSPS) is 16.5. The van der Waals surface area contributed by atoms with Crippen LogP contribution in [0.2, 0.25) is 16.6 Å². The van der Waals surface area contributed by atoms with Crippen molar-refractivity contribution in [3.63, 3.8) is 0 Å². The van der Waals surface area contributed by atoms with E-state index in [1.165, 1.54) is 16.5 Å². The number of rotatable bonds is 5. The third-order valence-corrected chi connectivity index (χ3v) is 14.6. The Balaban J connectivity index is 1.95. The first-order valence-electron chi connectivity index (χ1n) is 12.8. The lowest BCUT2D eigenvalue weighted by Crippen LogP contribution is -2.51. The Hall–Kier alpha value is -3.09. The second-order valence-electron chi connectivity index (χ2n) is 10.8. The Morgan fingerprint density at radius 2 is 1.77 bits per heavy atom. The molecule has 1 atom stereocenters.